The number of allylic oxidation sites excluding steroid dienone is 1. The van der Waals surface area contributed by atoms with E-state index in [9.17, 15) is 8.42 Å². The zero-order chi connectivity index (χ0) is 11.1. The van der Waals surface area contributed by atoms with Crippen LogP contribution in [0.5, 0.6) is 0 Å². The second kappa shape index (κ2) is 6.22. The van der Waals surface area contributed by atoms with Gasteiger partial charge in [-0.15, -0.1) is 0 Å². The van der Waals surface area contributed by atoms with Crippen LogP contribution in [-0.2, 0) is 14.9 Å². The van der Waals surface area contributed by atoms with E-state index in [0.29, 0.717) is 32.8 Å². The Balaban J connectivity index is 2.36. The van der Waals surface area contributed by atoms with Gasteiger partial charge in [0.05, 0.1) is 13.2 Å². The van der Waals surface area contributed by atoms with E-state index in [0.717, 1.165) is 6.42 Å². The monoisotopic (exact) mass is 234 g/mol. The molecule has 1 fully saturated rings. The van der Waals surface area contributed by atoms with Gasteiger partial charge in [0.15, 0.2) is 0 Å². The number of hydrogen-bond donors (Lipinski definition) is 1. The van der Waals surface area contributed by atoms with Gasteiger partial charge in [0.25, 0.3) is 10.2 Å². The van der Waals surface area contributed by atoms with E-state index in [1.54, 1.807) is 0 Å². The fourth-order valence-electron chi connectivity index (χ4n) is 1.32. The van der Waals surface area contributed by atoms with Crippen molar-refractivity contribution >= 4 is 10.2 Å². The molecule has 1 aliphatic rings. The molecule has 15 heavy (non-hydrogen) atoms. The van der Waals surface area contributed by atoms with Crippen molar-refractivity contribution in [2.75, 3.05) is 32.8 Å². The highest BCUT2D eigenvalue weighted by Gasteiger charge is 2.22. The maximum Gasteiger partial charge on any atom is 0.279 e. The Kier molecular flexibility index (Phi) is 5.24. The summed E-state index contributed by atoms with van der Waals surface area (Å²) in [5.41, 5.74) is 0. The third kappa shape index (κ3) is 4.29. The van der Waals surface area contributed by atoms with Crippen molar-refractivity contribution in [1.82, 2.24) is 9.03 Å². The SMILES string of the molecule is C/C=C/CCNS(=O)(=O)N1CCOCC1. The Morgan fingerprint density at radius 2 is 2.07 bits per heavy atom. The van der Waals surface area contributed by atoms with Crippen molar-refractivity contribution in [3.63, 3.8) is 0 Å². The first-order valence-electron chi connectivity index (χ1n) is 5.10. The molecule has 0 spiro atoms. The highest BCUT2D eigenvalue weighted by Crippen LogP contribution is 2.02. The lowest BCUT2D eigenvalue weighted by molar-refractivity contribution is 0.0725. The minimum Gasteiger partial charge on any atom is -0.379 e. The van der Waals surface area contributed by atoms with Crippen molar-refractivity contribution in [2.45, 2.75) is 13.3 Å². The first-order valence-corrected chi connectivity index (χ1v) is 6.54. The zero-order valence-corrected chi connectivity index (χ0v) is 9.79. The molecule has 6 heteroatoms. The summed E-state index contributed by atoms with van der Waals surface area (Å²) >= 11 is 0. The van der Waals surface area contributed by atoms with E-state index in [1.165, 1.54) is 4.31 Å². The van der Waals surface area contributed by atoms with Gasteiger partial charge in [-0.1, -0.05) is 12.2 Å². The van der Waals surface area contributed by atoms with E-state index < -0.39 is 10.2 Å². The molecule has 1 rings (SSSR count). The van der Waals surface area contributed by atoms with Gasteiger partial charge in [0, 0.05) is 19.6 Å². The lowest BCUT2D eigenvalue weighted by Gasteiger charge is -2.25. The van der Waals surface area contributed by atoms with E-state index in [4.69, 9.17) is 4.74 Å². The van der Waals surface area contributed by atoms with E-state index in [1.807, 2.05) is 19.1 Å². The number of ether oxygens (including phenoxy) is 1. The predicted octanol–water partition coefficient (Wildman–Crippen LogP) is 0.119. The minimum absolute atomic E-state index is 0.443. The van der Waals surface area contributed by atoms with Crippen LogP contribution in [0.4, 0.5) is 0 Å². The number of hydrogen-bond acceptors (Lipinski definition) is 3. The van der Waals surface area contributed by atoms with Crippen molar-refractivity contribution < 1.29 is 13.2 Å². The third-order valence-corrected chi connectivity index (χ3v) is 3.76. The van der Waals surface area contributed by atoms with Crippen molar-refractivity contribution in [3.8, 4) is 0 Å². The van der Waals surface area contributed by atoms with Crippen molar-refractivity contribution in [2.24, 2.45) is 0 Å². The van der Waals surface area contributed by atoms with Gasteiger partial charge in [-0.3, -0.25) is 0 Å². The first-order chi connectivity index (χ1) is 7.17. The lowest BCUT2D eigenvalue weighted by Crippen LogP contribution is -2.46. The van der Waals surface area contributed by atoms with Crippen LogP contribution in [0, 0.1) is 0 Å². The molecule has 1 heterocycles. The average molecular weight is 234 g/mol. The smallest absolute Gasteiger partial charge is 0.279 e. The van der Waals surface area contributed by atoms with Crippen molar-refractivity contribution in [3.05, 3.63) is 12.2 Å². The maximum atomic E-state index is 11.7. The summed E-state index contributed by atoms with van der Waals surface area (Å²) in [6, 6.07) is 0. The zero-order valence-electron chi connectivity index (χ0n) is 8.98. The van der Waals surface area contributed by atoms with Crippen LogP contribution in [0.3, 0.4) is 0 Å². The molecular weight excluding hydrogens is 216 g/mol. The second-order valence-corrected chi connectivity index (χ2v) is 5.02. The Hall–Kier alpha value is -0.430. The number of nitrogens with one attached hydrogen (secondary N) is 1. The Bertz CT molecular complexity index is 294. The summed E-state index contributed by atoms with van der Waals surface area (Å²) in [4.78, 5) is 0. The van der Waals surface area contributed by atoms with Crippen LogP contribution >= 0.6 is 0 Å². The lowest BCUT2D eigenvalue weighted by atomic mass is 10.4. The molecule has 88 valence electrons. The van der Waals surface area contributed by atoms with Gasteiger partial charge in [0.2, 0.25) is 0 Å². The molecule has 0 aromatic heterocycles. The molecule has 0 unspecified atom stereocenters. The fourth-order valence-corrected chi connectivity index (χ4v) is 2.50. The van der Waals surface area contributed by atoms with Crippen LogP contribution in [-0.4, -0.2) is 45.6 Å². The summed E-state index contributed by atoms with van der Waals surface area (Å²) < 4.78 is 32.4. The molecule has 5 nitrogen and oxygen atoms in total. The summed E-state index contributed by atoms with van der Waals surface area (Å²) in [7, 11) is -3.29. The molecule has 1 aliphatic heterocycles. The van der Waals surface area contributed by atoms with Gasteiger partial charge in [0.1, 0.15) is 0 Å². The molecule has 0 aromatic carbocycles. The molecule has 0 bridgehead atoms. The molecule has 0 amide bonds. The van der Waals surface area contributed by atoms with Gasteiger partial charge in [-0.05, 0) is 13.3 Å². The predicted molar refractivity (Wildman–Crippen MR) is 58.7 cm³/mol. The highest BCUT2D eigenvalue weighted by atomic mass is 32.2. The van der Waals surface area contributed by atoms with E-state index >= 15 is 0 Å². The summed E-state index contributed by atoms with van der Waals surface area (Å²) in [6.07, 6.45) is 4.56. The third-order valence-electron chi connectivity index (χ3n) is 2.14. The largest absolute Gasteiger partial charge is 0.379 e. The topological polar surface area (TPSA) is 58.6 Å². The second-order valence-electron chi connectivity index (χ2n) is 3.27. The average Bonchev–Trinajstić information content (AvgIpc) is 2.26. The Morgan fingerprint density at radius 3 is 2.67 bits per heavy atom. The molecule has 0 saturated carbocycles. The molecule has 0 aliphatic carbocycles. The standard InChI is InChI=1S/C9H18N2O3S/c1-2-3-4-5-10-15(12,13)11-6-8-14-9-7-11/h2-3,10H,4-9H2,1H3/b3-2+. The van der Waals surface area contributed by atoms with Crippen LogP contribution < -0.4 is 4.72 Å². The van der Waals surface area contributed by atoms with Crippen LogP contribution in [0.2, 0.25) is 0 Å². The molecule has 1 saturated heterocycles. The first kappa shape index (κ1) is 12.6. The van der Waals surface area contributed by atoms with E-state index in [-0.39, 0.29) is 0 Å². The highest BCUT2D eigenvalue weighted by molar-refractivity contribution is 7.87. The summed E-state index contributed by atoms with van der Waals surface area (Å²) in [5.74, 6) is 0. The van der Waals surface area contributed by atoms with Crippen LogP contribution in [0.15, 0.2) is 12.2 Å². The van der Waals surface area contributed by atoms with Crippen molar-refractivity contribution in [1.29, 1.82) is 0 Å². The molecule has 0 atom stereocenters. The fraction of sp³-hybridized carbons (Fsp3) is 0.778. The molecule has 0 radical (unpaired) electrons. The number of morpholine rings is 1. The minimum atomic E-state index is -3.29. The summed E-state index contributed by atoms with van der Waals surface area (Å²) in [5, 5.41) is 0. The van der Waals surface area contributed by atoms with E-state index in [2.05, 4.69) is 4.72 Å². The maximum absolute atomic E-state index is 11.7. The van der Waals surface area contributed by atoms with Gasteiger partial charge < -0.3 is 4.74 Å². The normalized spacial score (nSPS) is 19.8. The molecular formula is C9H18N2O3S. The van der Waals surface area contributed by atoms with Crippen LogP contribution in [0.25, 0.3) is 0 Å². The summed E-state index contributed by atoms with van der Waals surface area (Å²) in [6.45, 7) is 4.21. The van der Waals surface area contributed by atoms with Gasteiger partial charge in [-0.2, -0.15) is 12.7 Å². The molecule has 1 N–H and O–H groups in total. The number of nitrogens with zero attached hydrogens (tertiary/aromatic N) is 1. The van der Waals surface area contributed by atoms with Gasteiger partial charge in [-0.25, -0.2) is 4.72 Å². The Labute approximate surface area is 91.3 Å². The quantitative estimate of drug-likeness (QED) is 0.543. The molecule has 0 aromatic rings. The van der Waals surface area contributed by atoms with Crippen LogP contribution in [0.1, 0.15) is 13.3 Å². The number of rotatable bonds is 5. The Morgan fingerprint density at radius 1 is 1.40 bits per heavy atom. The van der Waals surface area contributed by atoms with Gasteiger partial charge >= 0.3 is 0 Å².